The van der Waals surface area contributed by atoms with Gasteiger partial charge in [0, 0.05) is 12.8 Å². The fourth-order valence-electron chi connectivity index (χ4n) is 7.00. The first-order valence-corrected chi connectivity index (χ1v) is 27.5. The molecule has 0 heterocycles. The Bertz CT molecular complexity index is 1270. The van der Waals surface area contributed by atoms with E-state index in [9.17, 15) is 19.0 Å². The van der Waals surface area contributed by atoms with Crippen LogP contribution >= 0.6 is 7.82 Å². The van der Waals surface area contributed by atoms with Crippen LogP contribution in [0.3, 0.4) is 0 Å². The van der Waals surface area contributed by atoms with Gasteiger partial charge in [-0.25, -0.2) is 4.57 Å². The van der Waals surface area contributed by atoms with Gasteiger partial charge in [0.25, 0.3) is 0 Å². The first-order valence-electron chi connectivity index (χ1n) is 26.0. The van der Waals surface area contributed by atoms with Gasteiger partial charge in [0.15, 0.2) is 6.10 Å². The lowest BCUT2D eigenvalue weighted by atomic mass is 10.0. The molecule has 0 amide bonds. The molecule has 0 saturated heterocycles. The Morgan fingerprint density at radius 3 is 1.34 bits per heavy atom. The van der Waals surface area contributed by atoms with Gasteiger partial charge in [-0.15, -0.1) is 0 Å². The molecule has 0 bridgehead atoms. The summed E-state index contributed by atoms with van der Waals surface area (Å²) in [6, 6.07) is 0. The molecule has 0 spiro atoms. The molecule has 0 saturated carbocycles. The number of nitrogens with zero attached hydrogens (tertiary/aromatic N) is 1. The highest BCUT2D eigenvalue weighted by molar-refractivity contribution is 7.47. The van der Waals surface area contributed by atoms with E-state index in [2.05, 4.69) is 74.6 Å². The molecule has 10 heteroatoms. The van der Waals surface area contributed by atoms with Crippen LogP contribution in [-0.2, 0) is 32.7 Å². The van der Waals surface area contributed by atoms with E-state index < -0.39 is 26.5 Å². The number of hydrogen-bond donors (Lipinski definition) is 1. The van der Waals surface area contributed by atoms with Gasteiger partial charge in [-0.1, -0.05) is 190 Å². The number of quaternary nitrogens is 1. The molecule has 9 nitrogen and oxygen atoms in total. The Hall–Kier alpha value is -2.29. The summed E-state index contributed by atoms with van der Waals surface area (Å²) >= 11 is 0. The highest BCUT2D eigenvalue weighted by atomic mass is 31.2. The smallest absolute Gasteiger partial charge is 0.462 e. The number of unbranched alkanes of at least 4 members (excludes halogenated alkanes) is 23. The minimum Gasteiger partial charge on any atom is -0.462 e. The molecule has 0 aliphatic carbocycles. The van der Waals surface area contributed by atoms with Gasteiger partial charge in [0.05, 0.1) is 27.7 Å². The van der Waals surface area contributed by atoms with Crippen LogP contribution in [0, 0.1) is 0 Å². The van der Waals surface area contributed by atoms with Crippen molar-refractivity contribution in [2.45, 2.75) is 225 Å². The zero-order chi connectivity index (χ0) is 47.1. The molecule has 1 N–H and O–H groups in total. The normalized spacial score (nSPS) is 13.9. The fourth-order valence-corrected chi connectivity index (χ4v) is 7.74. The zero-order valence-electron chi connectivity index (χ0n) is 42.0. The summed E-state index contributed by atoms with van der Waals surface area (Å²) in [5.41, 5.74) is 0. The van der Waals surface area contributed by atoms with Gasteiger partial charge in [0.1, 0.15) is 19.8 Å². The number of allylic oxidation sites excluding steroid dienone is 10. The van der Waals surface area contributed by atoms with Gasteiger partial charge in [-0.2, -0.15) is 0 Å². The van der Waals surface area contributed by atoms with E-state index in [0.29, 0.717) is 17.4 Å². The molecular weight excluding hydrogens is 822 g/mol. The molecular formula is C54H99NO8P+. The fraction of sp³-hybridized carbons (Fsp3) is 0.778. The molecule has 0 aromatic rings. The topological polar surface area (TPSA) is 108 Å². The second kappa shape index (κ2) is 45.8. The van der Waals surface area contributed by atoms with Crippen molar-refractivity contribution >= 4 is 19.8 Å². The van der Waals surface area contributed by atoms with E-state index in [-0.39, 0.29) is 32.0 Å². The summed E-state index contributed by atoms with van der Waals surface area (Å²) in [6.07, 6.45) is 57.0. The quantitative estimate of drug-likeness (QED) is 0.0211. The van der Waals surface area contributed by atoms with Crippen LogP contribution < -0.4 is 0 Å². The van der Waals surface area contributed by atoms with Crippen molar-refractivity contribution in [1.82, 2.24) is 0 Å². The lowest BCUT2D eigenvalue weighted by Crippen LogP contribution is -2.37. The maximum Gasteiger partial charge on any atom is 0.472 e. The summed E-state index contributed by atoms with van der Waals surface area (Å²) in [7, 11) is 1.47. The summed E-state index contributed by atoms with van der Waals surface area (Å²) < 4.78 is 34.5. The van der Waals surface area contributed by atoms with Gasteiger partial charge in [-0.3, -0.25) is 18.6 Å². The summed E-state index contributed by atoms with van der Waals surface area (Å²) in [6.45, 7) is 4.31. The maximum absolute atomic E-state index is 12.8. The minimum atomic E-state index is -4.38. The number of phosphoric ester groups is 1. The average Bonchev–Trinajstić information content (AvgIpc) is 3.25. The number of carbonyl (C=O) groups excluding carboxylic acids is 2. The van der Waals surface area contributed by atoms with E-state index in [1.165, 1.54) is 116 Å². The Balaban J connectivity index is 4.25. The van der Waals surface area contributed by atoms with Crippen molar-refractivity contribution < 1.29 is 42.1 Å². The van der Waals surface area contributed by atoms with Crippen molar-refractivity contribution in [3.63, 3.8) is 0 Å². The van der Waals surface area contributed by atoms with Crippen LogP contribution in [0.2, 0.25) is 0 Å². The molecule has 0 aliphatic rings. The van der Waals surface area contributed by atoms with E-state index in [4.69, 9.17) is 18.5 Å². The second-order valence-corrected chi connectivity index (χ2v) is 20.0. The summed E-state index contributed by atoms with van der Waals surface area (Å²) in [5.74, 6) is -0.806. The third-order valence-electron chi connectivity index (χ3n) is 11.0. The van der Waals surface area contributed by atoms with Gasteiger partial charge < -0.3 is 18.9 Å². The number of carbonyl (C=O) groups is 2. The number of hydrogen-bond acceptors (Lipinski definition) is 7. The SMILES string of the molecule is CC/C=C\C/C=C\C/C=C\C/C=C\CCCCCCCCCCCCC(=O)OC(COC(=O)CCCCCCCCC/C=C\CCCCCCCC)COP(=O)(O)OCC[N+](C)(C)C. The molecule has 2 atom stereocenters. The van der Waals surface area contributed by atoms with Crippen LogP contribution in [0.25, 0.3) is 0 Å². The van der Waals surface area contributed by atoms with Crippen molar-refractivity contribution in [3.8, 4) is 0 Å². The second-order valence-electron chi connectivity index (χ2n) is 18.5. The molecule has 0 aromatic carbocycles. The first-order chi connectivity index (χ1) is 31.0. The number of likely N-dealkylation sites (N-methyl/N-ethyl adjacent to an activating group) is 1. The van der Waals surface area contributed by atoms with Crippen LogP contribution in [0.5, 0.6) is 0 Å². The van der Waals surface area contributed by atoms with E-state index in [1.807, 2.05) is 21.1 Å². The third kappa shape index (κ3) is 49.2. The molecule has 0 radical (unpaired) electrons. The Labute approximate surface area is 394 Å². The van der Waals surface area contributed by atoms with Crippen molar-refractivity contribution in [2.75, 3.05) is 47.5 Å². The lowest BCUT2D eigenvalue weighted by molar-refractivity contribution is -0.870. The van der Waals surface area contributed by atoms with E-state index >= 15 is 0 Å². The summed E-state index contributed by atoms with van der Waals surface area (Å²) in [5, 5.41) is 0. The predicted molar refractivity (Wildman–Crippen MR) is 270 cm³/mol. The third-order valence-corrected chi connectivity index (χ3v) is 12.0. The van der Waals surface area contributed by atoms with E-state index in [1.54, 1.807) is 0 Å². The number of esters is 2. The van der Waals surface area contributed by atoms with Crippen molar-refractivity contribution in [1.29, 1.82) is 0 Å². The molecule has 2 unspecified atom stereocenters. The minimum absolute atomic E-state index is 0.0284. The lowest BCUT2D eigenvalue weighted by Gasteiger charge is -2.24. The molecule has 0 fully saturated rings. The van der Waals surface area contributed by atoms with Crippen LogP contribution in [0.4, 0.5) is 0 Å². The molecule has 0 aliphatic heterocycles. The van der Waals surface area contributed by atoms with Crippen molar-refractivity contribution in [2.24, 2.45) is 0 Å². The standard InChI is InChI=1S/C54H98NO8P/c1-6-8-10-12-14-16-18-20-22-24-25-26-27-28-29-31-33-35-37-39-41-43-45-47-54(57)63-52(51-62-64(58,59)61-49-48-55(3,4)5)50-60-53(56)46-44-42-40-38-36-34-32-30-23-21-19-17-15-13-11-9-7-2/h8,10,14,16,20-23,25-26,52H,6-7,9,11-13,15,17-19,24,27-51H2,1-5H3/p+1/b10-8-,16-14-,22-20-,23-21-,26-25-. The van der Waals surface area contributed by atoms with Gasteiger partial charge in [-0.05, 0) is 77.0 Å². The maximum atomic E-state index is 12.8. The summed E-state index contributed by atoms with van der Waals surface area (Å²) in [4.78, 5) is 35.6. The highest BCUT2D eigenvalue weighted by Crippen LogP contribution is 2.43. The number of rotatable bonds is 47. The number of ether oxygens (including phenoxy) is 2. The first kappa shape index (κ1) is 61.7. The van der Waals surface area contributed by atoms with Crippen molar-refractivity contribution in [3.05, 3.63) is 60.8 Å². The van der Waals surface area contributed by atoms with Gasteiger partial charge in [0.2, 0.25) is 0 Å². The Kier molecular flexibility index (Phi) is 44.2. The number of phosphoric acid groups is 1. The molecule has 0 rings (SSSR count). The largest absolute Gasteiger partial charge is 0.472 e. The monoisotopic (exact) mass is 921 g/mol. The van der Waals surface area contributed by atoms with Gasteiger partial charge >= 0.3 is 19.8 Å². The zero-order valence-corrected chi connectivity index (χ0v) is 42.9. The van der Waals surface area contributed by atoms with Crippen LogP contribution in [0.15, 0.2) is 60.8 Å². The Morgan fingerprint density at radius 2 is 0.891 bits per heavy atom. The predicted octanol–water partition coefficient (Wildman–Crippen LogP) is 15.6. The Morgan fingerprint density at radius 1 is 0.500 bits per heavy atom. The van der Waals surface area contributed by atoms with Crippen LogP contribution in [-0.4, -0.2) is 74.9 Å². The van der Waals surface area contributed by atoms with Crippen LogP contribution in [0.1, 0.15) is 219 Å². The molecule has 372 valence electrons. The molecule has 64 heavy (non-hydrogen) atoms. The van der Waals surface area contributed by atoms with E-state index in [0.717, 1.165) is 70.6 Å². The molecule has 0 aromatic heterocycles. The average molecular weight is 921 g/mol. The highest BCUT2D eigenvalue weighted by Gasteiger charge is 2.27.